The van der Waals surface area contributed by atoms with Crippen LogP contribution in [0, 0.1) is 0 Å². The number of hydrogen-bond acceptors (Lipinski definition) is 8. The Morgan fingerprint density at radius 1 is 1.23 bits per heavy atom. The molecule has 2 N–H and O–H groups in total. The third-order valence-electron chi connectivity index (χ3n) is 5.78. The van der Waals surface area contributed by atoms with Gasteiger partial charge >= 0.3 is 11.9 Å². The number of carbonyl (C=O) groups excluding carboxylic acids is 4. The van der Waals surface area contributed by atoms with Crippen molar-refractivity contribution in [2.75, 3.05) is 20.3 Å². The van der Waals surface area contributed by atoms with Gasteiger partial charge in [0, 0.05) is 23.3 Å². The molecule has 1 aromatic carbocycles. The lowest BCUT2D eigenvalue weighted by atomic mass is 9.65. The highest BCUT2D eigenvalue weighted by atomic mass is 16.5. The molecule has 2 heterocycles. The fraction of sp³-hybridized carbons (Fsp3) is 0.364. The number of para-hydroxylation sites is 1. The van der Waals surface area contributed by atoms with Crippen molar-refractivity contribution in [3.63, 3.8) is 0 Å². The predicted octanol–water partition coefficient (Wildman–Crippen LogP) is 1.07. The molecule has 0 fully saturated rings. The Morgan fingerprint density at radius 3 is 2.68 bits per heavy atom. The van der Waals surface area contributed by atoms with E-state index in [1.54, 1.807) is 31.2 Å². The molecular weight excluding hydrogens is 404 g/mol. The lowest BCUT2D eigenvalue weighted by Gasteiger charge is -2.37. The second-order valence-electron chi connectivity index (χ2n) is 7.37. The van der Waals surface area contributed by atoms with Gasteiger partial charge in [0.05, 0.1) is 13.7 Å². The molecule has 1 aromatic rings. The van der Waals surface area contributed by atoms with Crippen molar-refractivity contribution < 1.29 is 33.4 Å². The van der Waals surface area contributed by atoms with Crippen LogP contribution in [0.25, 0.3) is 0 Å². The molecule has 31 heavy (non-hydrogen) atoms. The van der Waals surface area contributed by atoms with Crippen molar-refractivity contribution in [1.82, 2.24) is 4.90 Å². The first kappa shape index (κ1) is 20.6. The second-order valence-corrected chi connectivity index (χ2v) is 7.37. The average Bonchev–Trinajstić information content (AvgIpc) is 2.98. The Bertz CT molecular complexity index is 1070. The zero-order chi connectivity index (χ0) is 22.3. The average molecular weight is 426 g/mol. The lowest BCUT2D eigenvalue weighted by Crippen LogP contribution is -2.50. The Labute approximate surface area is 178 Å². The molecule has 0 radical (unpaired) electrons. The maximum Gasteiger partial charge on any atom is 0.341 e. The van der Waals surface area contributed by atoms with Gasteiger partial charge in [0.1, 0.15) is 23.3 Å². The number of esters is 2. The van der Waals surface area contributed by atoms with Gasteiger partial charge in [0.25, 0.3) is 0 Å². The summed E-state index contributed by atoms with van der Waals surface area (Å²) in [6.45, 7) is 1.27. The van der Waals surface area contributed by atoms with Crippen molar-refractivity contribution in [2.24, 2.45) is 5.73 Å². The van der Waals surface area contributed by atoms with E-state index < -0.39 is 23.3 Å². The first-order chi connectivity index (χ1) is 14.9. The summed E-state index contributed by atoms with van der Waals surface area (Å²) in [6, 6.07) is 6.60. The summed E-state index contributed by atoms with van der Waals surface area (Å²) in [4.78, 5) is 53.6. The van der Waals surface area contributed by atoms with E-state index in [1.807, 2.05) is 0 Å². The second kappa shape index (κ2) is 7.57. The van der Waals surface area contributed by atoms with E-state index in [-0.39, 0.29) is 48.1 Å². The zero-order valence-corrected chi connectivity index (χ0v) is 17.2. The third kappa shape index (κ3) is 2.83. The zero-order valence-electron chi connectivity index (χ0n) is 17.2. The van der Waals surface area contributed by atoms with Crippen LogP contribution in [0.15, 0.2) is 47.0 Å². The summed E-state index contributed by atoms with van der Waals surface area (Å²) in [5.41, 5.74) is 4.92. The van der Waals surface area contributed by atoms with Crippen LogP contribution >= 0.6 is 0 Å². The number of nitrogens with two attached hydrogens (primary N) is 1. The molecule has 0 aromatic heterocycles. The molecule has 1 spiro atoms. The minimum atomic E-state index is -1.84. The van der Waals surface area contributed by atoms with Crippen LogP contribution in [0.4, 0.5) is 0 Å². The quantitative estimate of drug-likeness (QED) is 0.709. The first-order valence-electron chi connectivity index (χ1n) is 9.98. The number of carbonyl (C=O) groups is 4. The smallest absolute Gasteiger partial charge is 0.341 e. The van der Waals surface area contributed by atoms with E-state index >= 15 is 0 Å². The van der Waals surface area contributed by atoms with E-state index in [2.05, 4.69) is 0 Å². The summed E-state index contributed by atoms with van der Waals surface area (Å²) in [5, 5.41) is 0. The number of ketones is 1. The van der Waals surface area contributed by atoms with E-state index in [0.717, 1.165) is 0 Å². The van der Waals surface area contributed by atoms with Crippen LogP contribution in [-0.2, 0) is 34.1 Å². The summed E-state index contributed by atoms with van der Waals surface area (Å²) >= 11 is 0. The summed E-state index contributed by atoms with van der Waals surface area (Å²) < 4.78 is 15.6. The molecule has 0 saturated carbocycles. The SMILES string of the molecule is CCOC(=O)C1=C(N)Oc2ccccc2[C@]12C(=O)N(CC(=O)OC)C1=C2C(=O)CCC1. The maximum absolute atomic E-state index is 14.0. The highest BCUT2D eigenvalue weighted by molar-refractivity contribution is 6.19. The molecule has 1 aliphatic carbocycles. The van der Waals surface area contributed by atoms with Gasteiger partial charge in [-0.25, -0.2) is 4.79 Å². The van der Waals surface area contributed by atoms with Crippen molar-refractivity contribution in [3.8, 4) is 5.75 Å². The van der Waals surface area contributed by atoms with Gasteiger partial charge in [0.2, 0.25) is 11.8 Å². The van der Waals surface area contributed by atoms with Gasteiger partial charge in [-0.2, -0.15) is 0 Å². The summed E-state index contributed by atoms with van der Waals surface area (Å²) in [5.74, 6) is -2.46. The van der Waals surface area contributed by atoms with Crippen LogP contribution in [0.2, 0.25) is 0 Å². The summed E-state index contributed by atoms with van der Waals surface area (Å²) in [6.07, 6.45) is 1.12. The fourth-order valence-electron chi connectivity index (χ4n) is 4.61. The van der Waals surface area contributed by atoms with Gasteiger partial charge in [-0.05, 0) is 25.8 Å². The van der Waals surface area contributed by atoms with Gasteiger partial charge in [-0.1, -0.05) is 18.2 Å². The minimum Gasteiger partial charge on any atom is -0.468 e. The molecule has 0 saturated heterocycles. The highest BCUT2D eigenvalue weighted by Crippen LogP contribution is 2.56. The Balaban J connectivity index is 2.06. The van der Waals surface area contributed by atoms with Crippen LogP contribution in [-0.4, -0.2) is 48.8 Å². The van der Waals surface area contributed by atoms with Crippen molar-refractivity contribution in [3.05, 3.63) is 52.6 Å². The van der Waals surface area contributed by atoms with Crippen molar-refractivity contribution in [1.29, 1.82) is 0 Å². The molecule has 9 nitrogen and oxygen atoms in total. The normalized spacial score (nSPS) is 22.3. The van der Waals surface area contributed by atoms with E-state index in [4.69, 9.17) is 19.9 Å². The number of fused-ring (bicyclic) bond motifs is 3. The van der Waals surface area contributed by atoms with Crippen LogP contribution in [0.5, 0.6) is 5.75 Å². The molecule has 162 valence electrons. The molecule has 0 bridgehead atoms. The predicted molar refractivity (Wildman–Crippen MR) is 106 cm³/mol. The Kier molecular flexibility index (Phi) is 5.04. The standard InChI is InChI=1S/C22H22N2O7/c1-3-30-20(27)18-19(23)31-15-10-5-4-7-12(15)22(18)17-13(8-6-9-14(17)25)24(21(22)28)11-16(26)29-2/h4-5,7,10H,3,6,8-9,11,23H2,1-2H3/t22-/m1/s1. The Morgan fingerprint density at radius 2 is 1.97 bits per heavy atom. The van der Waals surface area contributed by atoms with Gasteiger partial charge in [-0.3, -0.25) is 14.4 Å². The number of hydrogen-bond donors (Lipinski definition) is 1. The number of ether oxygens (including phenoxy) is 3. The lowest BCUT2D eigenvalue weighted by molar-refractivity contribution is -0.147. The number of rotatable bonds is 4. The largest absolute Gasteiger partial charge is 0.468 e. The summed E-state index contributed by atoms with van der Waals surface area (Å²) in [7, 11) is 1.21. The topological polar surface area (TPSA) is 125 Å². The van der Waals surface area contributed by atoms with Gasteiger partial charge in [0.15, 0.2) is 5.78 Å². The van der Waals surface area contributed by atoms with Crippen molar-refractivity contribution >= 4 is 23.6 Å². The van der Waals surface area contributed by atoms with Crippen LogP contribution in [0.3, 0.4) is 0 Å². The number of Topliss-reactive ketones (excluding diaryl/α,β-unsaturated/α-hetero) is 1. The van der Waals surface area contributed by atoms with Gasteiger partial charge < -0.3 is 24.8 Å². The molecular formula is C22H22N2O7. The van der Waals surface area contributed by atoms with E-state index in [9.17, 15) is 19.2 Å². The maximum atomic E-state index is 14.0. The van der Waals surface area contributed by atoms with E-state index in [0.29, 0.717) is 24.1 Å². The fourth-order valence-corrected chi connectivity index (χ4v) is 4.61. The molecule has 0 unspecified atom stereocenters. The van der Waals surface area contributed by atoms with Crippen LogP contribution < -0.4 is 10.5 Å². The minimum absolute atomic E-state index is 0.0350. The number of allylic oxidation sites excluding steroid dienone is 1. The molecule has 1 atom stereocenters. The molecule has 9 heteroatoms. The number of methoxy groups -OCH3 is 1. The number of nitrogens with zero attached hydrogens (tertiary/aromatic N) is 1. The molecule has 4 rings (SSSR count). The number of benzene rings is 1. The molecule has 2 aliphatic heterocycles. The molecule has 3 aliphatic rings. The third-order valence-corrected chi connectivity index (χ3v) is 5.78. The van der Waals surface area contributed by atoms with Gasteiger partial charge in [-0.15, -0.1) is 0 Å². The van der Waals surface area contributed by atoms with Crippen LogP contribution in [0.1, 0.15) is 31.7 Å². The Hall–Kier alpha value is -3.62. The first-order valence-corrected chi connectivity index (χ1v) is 9.98. The number of amides is 1. The molecule has 1 amide bonds. The highest BCUT2D eigenvalue weighted by Gasteiger charge is 2.64. The monoisotopic (exact) mass is 426 g/mol. The van der Waals surface area contributed by atoms with E-state index in [1.165, 1.54) is 12.0 Å². The van der Waals surface area contributed by atoms with Crippen molar-refractivity contribution in [2.45, 2.75) is 31.6 Å².